The van der Waals surface area contributed by atoms with Crippen LogP contribution in [0.15, 0.2) is 22.3 Å². The fourth-order valence-corrected chi connectivity index (χ4v) is 1.29. The molecular formula is C10H10F4N4O. The molecule has 0 aliphatic heterocycles. The van der Waals surface area contributed by atoms with Crippen LogP contribution >= 0.6 is 0 Å². The van der Waals surface area contributed by atoms with Crippen molar-refractivity contribution in [2.45, 2.75) is 6.18 Å². The van der Waals surface area contributed by atoms with Crippen molar-refractivity contribution >= 4 is 12.2 Å². The first-order valence-electron chi connectivity index (χ1n) is 4.83. The molecule has 0 saturated heterocycles. The minimum Gasteiger partial charge on any atom is -0.495 e. The number of nitrogens with zero attached hydrogens (tertiary/aromatic N) is 2. The van der Waals surface area contributed by atoms with Crippen molar-refractivity contribution in [1.82, 2.24) is 0 Å². The Labute approximate surface area is 105 Å². The summed E-state index contributed by atoms with van der Waals surface area (Å²) in [6, 6.07) is 1.23. The molecule has 0 aliphatic rings. The van der Waals surface area contributed by atoms with Crippen LogP contribution in [0.5, 0.6) is 5.75 Å². The summed E-state index contributed by atoms with van der Waals surface area (Å²) in [7, 11) is 0.988. The fourth-order valence-electron chi connectivity index (χ4n) is 1.29. The Morgan fingerprint density at radius 1 is 1.32 bits per heavy atom. The van der Waals surface area contributed by atoms with E-state index in [0.29, 0.717) is 12.1 Å². The molecule has 0 atom stereocenters. The molecule has 0 aromatic heterocycles. The largest absolute Gasteiger partial charge is 0.495 e. The minimum absolute atomic E-state index is 0.414. The van der Waals surface area contributed by atoms with Gasteiger partial charge >= 0.3 is 6.18 Å². The van der Waals surface area contributed by atoms with Gasteiger partial charge in [0.25, 0.3) is 0 Å². The Kier molecular flexibility index (Phi) is 4.30. The van der Waals surface area contributed by atoms with E-state index in [1.807, 2.05) is 0 Å². The van der Waals surface area contributed by atoms with Gasteiger partial charge in [0.1, 0.15) is 11.6 Å². The molecule has 0 saturated carbocycles. The molecule has 0 unspecified atom stereocenters. The van der Waals surface area contributed by atoms with E-state index in [1.54, 1.807) is 0 Å². The van der Waals surface area contributed by atoms with Crippen molar-refractivity contribution in [2.24, 2.45) is 21.7 Å². The van der Waals surface area contributed by atoms with Crippen LogP contribution in [-0.4, -0.2) is 19.3 Å². The summed E-state index contributed by atoms with van der Waals surface area (Å²) in [5.74, 6) is -2.05. The van der Waals surface area contributed by atoms with Crippen molar-refractivity contribution in [3.05, 3.63) is 29.1 Å². The van der Waals surface area contributed by atoms with E-state index >= 15 is 0 Å². The van der Waals surface area contributed by atoms with Crippen LogP contribution in [0, 0.1) is 5.82 Å². The molecule has 4 N–H and O–H groups in total. The third-order valence-electron chi connectivity index (χ3n) is 2.01. The number of guanidine groups is 1. The van der Waals surface area contributed by atoms with Gasteiger partial charge in [-0.05, 0) is 12.1 Å². The highest BCUT2D eigenvalue weighted by Crippen LogP contribution is 2.38. The zero-order valence-electron chi connectivity index (χ0n) is 9.70. The molecule has 0 amide bonds. The second-order valence-electron chi connectivity index (χ2n) is 3.31. The Bertz CT molecular complexity index is 521. The lowest BCUT2D eigenvalue weighted by molar-refractivity contribution is -0.138. The maximum atomic E-state index is 13.5. The summed E-state index contributed by atoms with van der Waals surface area (Å²) >= 11 is 0. The van der Waals surface area contributed by atoms with E-state index in [4.69, 9.17) is 11.5 Å². The van der Waals surface area contributed by atoms with Crippen molar-refractivity contribution in [3.8, 4) is 5.75 Å². The second kappa shape index (κ2) is 5.55. The highest BCUT2D eigenvalue weighted by Gasteiger charge is 2.35. The molecule has 19 heavy (non-hydrogen) atoms. The summed E-state index contributed by atoms with van der Waals surface area (Å²) in [4.78, 5) is 0. The van der Waals surface area contributed by atoms with Gasteiger partial charge in [0.2, 0.25) is 5.96 Å². The van der Waals surface area contributed by atoms with Crippen molar-refractivity contribution in [2.75, 3.05) is 7.11 Å². The van der Waals surface area contributed by atoms with Gasteiger partial charge in [-0.2, -0.15) is 18.3 Å². The van der Waals surface area contributed by atoms with Crippen molar-refractivity contribution in [1.29, 1.82) is 0 Å². The molecule has 1 rings (SSSR count). The fraction of sp³-hybridized carbons (Fsp3) is 0.200. The monoisotopic (exact) mass is 278 g/mol. The van der Waals surface area contributed by atoms with Crippen LogP contribution in [0.1, 0.15) is 11.1 Å². The number of halogens is 4. The number of ether oxygens (including phenoxy) is 1. The minimum atomic E-state index is -4.68. The molecule has 0 fully saturated rings. The molecule has 0 spiro atoms. The highest BCUT2D eigenvalue weighted by molar-refractivity contribution is 5.85. The lowest BCUT2D eigenvalue weighted by Gasteiger charge is -2.14. The van der Waals surface area contributed by atoms with Crippen LogP contribution in [0.25, 0.3) is 0 Å². The van der Waals surface area contributed by atoms with Crippen LogP contribution in [0.2, 0.25) is 0 Å². The van der Waals surface area contributed by atoms with Gasteiger partial charge in [0.15, 0.2) is 0 Å². The zero-order valence-corrected chi connectivity index (χ0v) is 9.70. The maximum Gasteiger partial charge on any atom is 0.419 e. The standard InChI is InChI=1S/C10H10F4N4O/c1-19-8-5(4-17-18-9(15)16)7(11)3-2-6(8)10(12,13)14/h2-4H,1H3,(H4,15,16,18). The Morgan fingerprint density at radius 2 is 1.95 bits per heavy atom. The molecule has 9 heteroatoms. The molecule has 5 nitrogen and oxygen atoms in total. The third kappa shape index (κ3) is 3.57. The zero-order chi connectivity index (χ0) is 14.6. The van der Waals surface area contributed by atoms with E-state index in [9.17, 15) is 17.6 Å². The van der Waals surface area contributed by atoms with Gasteiger partial charge in [-0.25, -0.2) is 4.39 Å². The molecule has 0 bridgehead atoms. The van der Waals surface area contributed by atoms with Gasteiger partial charge in [0.05, 0.1) is 24.5 Å². The summed E-state index contributed by atoms with van der Waals surface area (Å²) in [6.07, 6.45) is -3.94. The lowest BCUT2D eigenvalue weighted by atomic mass is 10.1. The number of methoxy groups -OCH3 is 1. The summed E-state index contributed by atoms with van der Waals surface area (Å²) in [5.41, 5.74) is 8.33. The SMILES string of the molecule is COc1c(C(F)(F)F)ccc(F)c1C=NN=C(N)N. The van der Waals surface area contributed by atoms with Crippen LogP contribution < -0.4 is 16.2 Å². The summed E-state index contributed by atoms with van der Waals surface area (Å²) in [5, 5.41) is 6.43. The van der Waals surface area contributed by atoms with E-state index in [-0.39, 0.29) is 0 Å². The average Bonchev–Trinajstić information content (AvgIpc) is 2.28. The van der Waals surface area contributed by atoms with E-state index in [1.165, 1.54) is 0 Å². The number of rotatable bonds is 3. The van der Waals surface area contributed by atoms with Gasteiger partial charge in [-0.3, -0.25) is 0 Å². The first-order valence-corrected chi connectivity index (χ1v) is 4.83. The quantitative estimate of drug-likeness (QED) is 0.380. The maximum absolute atomic E-state index is 13.5. The number of nitrogens with two attached hydrogens (primary N) is 2. The number of hydrogen-bond donors (Lipinski definition) is 2. The van der Waals surface area contributed by atoms with Gasteiger partial charge in [-0.15, -0.1) is 5.10 Å². The van der Waals surface area contributed by atoms with E-state index < -0.39 is 34.8 Å². The Hall–Kier alpha value is -2.32. The Morgan fingerprint density at radius 3 is 2.42 bits per heavy atom. The molecule has 0 aliphatic carbocycles. The molecule has 104 valence electrons. The molecule has 1 aromatic rings. The second-order valence-corrected chi connectivity index (χ2v) is 3.31. The smallest absolute Gasteiger partial charge is 0.419 e. The van der Waals surface area contributed by atoms with Gasteiger partial charge < -0.3 is 16.2 Å². The van der Waals surface area contributed by atoms with Crippen LogP contribution in [0.4, 0.5) is 17.6 Å². The first kappa shape index (κ1) is 14.7. The number of alkyl halides is 3. The van der Waals surface area contributed by atoms with Crippen molar-refractivity contribution in [3.63, 3.8) is 0 Å². The average molecular weight is 278 g/mol. The predicted molar refractivity (Wildman–Crippen MR) is 61.4 cm³/mol. The highest BCUT2D eigenvalue weighted by atomic mass is 19.4. The van der Waals surface area contributed by atoms with E-state index in [2.05, 4.69) is 14.9 Å². The summed E-state index contributed by atoms with van der Waals surface area (Å²) < 4.78 is 56.1. The van der Waals surface area contributed by atoms with Crippen LogP contribution in [-0.2, 0) is 6.18 Å². The van der Waals surface area contributed by atoms with Gasteiger partial charge in [-0.1, -0.05) is 0 Å². The van der Waals surface area contributed by atoms with Gasteiger partial charge in [0, 0.05) is 0 Å². The molecule has 1 aromatic carbocycles. The number of benzene rings is 1. The lowest BCUT2D eigenvalue weighted by Crippen LogP contribution is -2.21. The Balaban J connectivity index is 3.37. The normalized spacial score (nSPS) is 11.6. The van der Waals surface area contributed by atoms with Crippen LogP contribution in [0.3, 0.4) is 0 Å². The van der Waals surface area contributed by atoms with Crippen molar-refractivity contribution < 1.29 is 22.3 Å². The third-order valence-corrected chi connectivity index (χ3v) is 2.01. The van der Waals surface area contributed by atoms with E-state index in [0.717, 1.165) is 13.3 Å². The molecule has 0 heterocycles. The summed E-state index contributed by atoms with van der Waals surface area (Å²) in [6.45, 7) is 0. The molecule has 0 radical (unpaired) electrons. The topological polar surface area (TPSA) is 86.0 Å². The first-order chi connectivity index (χ1) is 8.77. The molecular weight excluding hydrogens is 268 g/mol. The number of hydrogen-bond acceptors (Lipinski definition) is 3. The predicted octanol–water partition coefficient (Wildman–Crippen LogP) is 1.46.